The van der Waals surface area contributed by atoms with Crippen molar-refractivity contribution in [2.75, 3.05) is 0 Å². The van der Waals surface area contributed by atoms with Crippen molar-refractivity contribution in [3.63, 3.8) is 0 Å². The minimum atomic E-state index is 1.23. The van der Waals surface area contributed by atoms with Crippen LogP contribution < -0.4 is 0 Å². The zero-order valence-electron chi connectivity index (χ0n) is 18.9. The van der Waals surface area contributed by atoms with E-state index in [0.29, 0.717) is 0 Å². The molecule has 34 heavy (non-hydrogen) atoms. The second-order valence-corrected chi connectivity index (χ2v) is 8.54. The first-order chi connectivity index (χ1) is 16.9. The molecule has 0 amide bonds. The van der Waals surface area contributed by atoms with Crippen LogP contribution in [-0.2, 0) is 0 Å². The van der Waals surface area contributed by atoms with Crippen LogP contribution in [0.15, 0.2) is 146 Å². The summed E-state index contributed by atoms with van der Waals surface area (Å²) in [5, 5.41) is 2.56. The molecule has 0 heteroatoms. The Balaban J connectivity index is 1.79. The fourth-order valence-electron chi connectivity index (χ4n) is 4.94. The molecule has 6 rings (SSSR count). The Morgan fingerprint density at radius 3 is 1.18 bits per heavy atom. The van der Waals surface area contributed by atoms with Crippen LogP contribution in [0.3, 0.4) is 0 Å². The molecule has 0 radical (unpaired) electrons. The molecule has 0 spiro atoms. The van der Waals surface area contributed by atoms with Crippen molar-refractivity contribution in [1.82, 2.24) is 0 Å². The monoisotopic (exact) mass is 432 g/mol. The van der Waals surface area contributed by atoms with Gasteiger partial charge >= 0.3 is 0 Å². The zero-order valence-corrected chi connectivity index (χ0v) is 18.9. The summed E-state index contributed by atoms with van der Waals surface area (Å²) in [5.41, 5.74) is 9.97. The molecule has 0 fully saturated rings. The van der Waals surface area contributed by atoms with Crippen LogP contribution in [0.1, 0.15) is 0 Å². The fourth-order valence-corrected chi connectivity index (χ4v) is 4.94. The maximum atomic E-state index is 2.30. The van der Waals surface area contributed by atoms with Gasteiger partial charge in [-0.2, -0.15) is 0 Å². The molecule has 0 aromatic heterocycles. The molecular formula is C34H24. The molecule has 0 nitrogen and oxygen atoms in total. The van der Waals surface area contributed by atoms with Crippen LogP contribution in [0, 0.1) is 0 Å². The average molecular weight is 433 g/mol. The van der Waals surface area contributed by atoms with E-state index >= 15 is 0 Å². The molecule has 0 aliphatic rings. The number of benzene rings is 6. The lowest BCUT2D eigenvalue weighted by atomic mass is 9.83. The molecule has 0 aliphatic carbocycles. The summed E-state index contributed by atoms with van der Waals surface area (Å²) in [4.78, 5) is 0. The van der Waals surface area contributed by atoms with E-state index in [1.54, 1.807) is 0 Å². The van der Waals surface area contributed by atoms with Gasteiger partial charge in [0.1, 0.15) is 0 Å². The molecule has 0 unspecified atom stereocenters. The van der Waals surface area contributed by atoms with Gasteiger partial charge in [0.2, 0.25) is 0 Å². The van der Waals surface area contributed by atoms with Gasteiger partial charge in [0.05, 0.1) is 0 Å². The van der Waals surface area contributed by atoms with Crippen molar-refractivity contribution in [3.05, 3.63) is 146 Å². The van der Waals surface area contributed by atoms with E-state index in [4.69, 9.17) is 0 Å². The zero-order chi connectivity index (χ0) is 22.7. The summed E-state index contributed by atoms with van der Waals surface area (Å²) in [5.74, 6) is 0. The van der Waals surface area contributed by atoms with Crippen molar-refractivity contribution in [3.8, 4) is 44.5 Å². The van der Waals surface area contributed by atoms with Gasteiger partial charge < -0.3 is 0 Å². The van der Waals surface area contributed by atoms with E-state index in [1.165, 1.54) is 55.3 Å². The van der Waals surface area contributed by atoms with Gasteiger partial charge in [0.15, 0.2) is 0 Å². The maximum absolute atomic E-state index is 2.30. The topological polar surface area (TPSA) is 0 Å². The predicted molar refractivity (Wildman–Crippen MR) is 146 cm³/mol. The van der Waals surface area contributed by atoms with Gasteiger partial charge in [-0.05, 0) is 55.3 Å². The van der Waals surface area contributed by atoms with E-state index in [1.807, 2.05) is 0 Å². The highest BCUT2D eigenvalue weighted by Crippen LogP contribution is 2.45. The van der Waals surface area contributed by atoms with Gasteiger partial charge in [0.25, 0.3) is 0 Å². The van der Waals surface area contributed by atoms with E-state index in [9.17, 15) is 0 Å². The van der Waals surface area contributed by atoms with Crippen molar-refractivity contribution >= 4 is 10.8 Å². The highest BCUT2D eigenvalue weighted by Gasteiger charge is 2.18. The molecule has 0 bridgehead atoms. The van der Waals surface area contributed by atoms with Gasteiger partial charge in [-0.15, -0.1) is 0 Å². The molecule has 0 aliphatic heterocycles. The molecule has 0 atom stereocenters. The molecule has 6 aromatic carbocycles. The maximum Gasteiger partial charge on any atom is -0.00143 e. The molecule has 0 heterocycles. The largest absolute Gasteiger partial charge is 0.0622 e. The standard InChI is InChI=1S/C34H24/c1-5-13-25(14-6-1)29-21-22-31(27-17-9-3-10-18-27)34-32(29)24-23-30(26-15-7-2-8-16-26)33(34)28-19-11-4-12-20-28/h1-24H. The SMILES string of the molecule is c1ccc(-c2ccc3c(-c4ccccc4)ccc(-c4ccccc4)c3c2-c2ccccc2)cc1. The molecule has 6 aromatic rings. The third-order valence-electron chi connectivity index (χ3n) is 6.50. The highest BCUT2D eigenvalue weighted by molar-refractivity contribution is 6.15. The quantitative estimate of drug-likeness (QED) is 0.260. The van der Waals surface area contributed by atoms with E-state index in [2.05, 4.69) is 146 Å². The molecule has 0 saturated carbocycles. The summed E-state index contributed by atoms with van der Waals surface area (Å²) >= 11 is 0. The lowest BCUT2D eigenvalue weighted by molar-refractivity contribution is 1.59. The van der Waals surface area contributed by atoms with Crippen LogP contribution in [0.5, 0.6) is 0 Å². The molecule has 160 valence electrons. The van der Waals surface area contributed by atoms with Crippen LogP contribution in [0.4, 0.5) is 0 Å². The van der Waals surface area contributed by atoms with E-state index < -0.39 is 0 Å². The van der Waals surface area contributed by atoms with Crippen molar-refractivity contribution in [2.45, 2.75) is 0 Å². The Morgan fingerprint density at radius 2 is 0.647 bits per heavy atom. The van der Waals surface area contributed by atoms with Crippen LogP contribution in [0.2, 0.25) is 0 Å². The first-order valence-electron chi connectivity index (χ1n) is 11.7. The minimum absolute atomic E-state index is 1.23. The second-order valence-electron chi connectivity index (χ2n) is 8.54. The molecule has 0 saturated heterocycles. The van der Waals surface area contributed by atoms with E-state index in [-0.39, 0.29) is 0 Å². The van der Waals surface area contributed by atoms with Gasteiger partial charge in [-0.3, -0.25) is 0 Å². The lowest BCUT2D eigenvalue weighted by Gasteiger charge is -2.20. The van der Waals surface area contributed by atoms with Gasteiger partial charge in [-0.25, -0.2) is 0 Å². The van der Waals surface area contributed by atoms with Crippen LogP contribution >= 0.6 is 0 Å². The molecule has 0 N–H and O–H groups in total. The van der Waals surface area contributed by atoms with Crippen LogP contribution in [0.25, 0.3) is 55.3 Å². The molecular weight excluding hydrogens is 408 g/mol. The summed E-state index contributed by atoms with van der Waals surface area (Å²) in [6.07, 6.45) is 0. The Hall–Kier alpha value is -4.42. The summed E-state index contributed by atoms with van der Waals surface area (Å²) in [6.45, 7) is 0. The number of rotatable bonds is 4. The highest BCUT2D eigenvalue weighted by atomic mass is 14.2. The third kappa shape index (κ3) is 3.60. The Labute approximate surface area is 200 Å². The summed E-state index contributed by atoms with van der Waals surface area (Å²) in [7, 11) is 0. The van der Waals surface area contributed by atoms with Crippen LogP contribution in [-0.4, -0.2) is 0 Å². The van der Waals surface area contributed by atoms with Gasteiger partial charge in [-0.1, -0.05) is 146 Å². The fraction of sp³-hybridized carbons (Fsp3) is 0. The summed E-state index contributed by atoms with van der Waals surface area (Å²) in [6, 6.07) is 52.1. The number of hydrogen-bond donors (Lipinski definition) is 0. The number of hydrogen-bond acceptors (Lipinski definition) is 0. The first-order valence-corrected chi connectivity index (χ1v) is 11.7. The first kappa shape index (κ1) is 20.2. The second kappa shape index (κ2) is 8.84. The third-order valence-corrected chi connectivity index (χ3v) is 6.50. The number of fused-ring (bicyclic) bond motifs is 1. The predicted octanol–water partition coefficient (Wildman–Crippen LogP) is 9.51. The Morgan fingerprint density at radius 1 is 0.265 bits per heavy atom. The Bertz CT molecular complexity index is 1550. The lowest BCUT2D eigenvalue weighted by Crippen LogP contribution is -1.93. The van der Waals surface area contributed by atoms with Gasteiger partial charge in [0, 0.05) is 0 Å². The Kier molecular flexibility index (Phi) is 5.26. The van der Waals surface area contributed by atoms with Crippen molar-refractivity contribution in [1.29, 1.82) is 0 Å². The smallest absolute Gasteiger partial charge is 0.00143 e. The van der Waals surface area contributed by atoms with Crippen molar-refractivity contribution in [2.24, 2.45) is 0 Å². The van der Waals surface area contributed by atoms with Crippen molar-refractivity contribution < 1.29 is 0 Å². The van der Waals surface area contributed by atoms with E-state index in [0.717, 1.165) is 0 Å². The summed E-state index contributed by atoms with van der Waals surface area (Å²) < 4.78 is 0. The minimum Gasteiger partial charge on any atom is -0.0622 e. The normalized spacial score (nSPS) is 10.9. The average Bonchev–Trinajstić information content (AvgIpc) is 2.93.